The van der Waals surface area contributed by atoms with E-state index in [1.165, 1.54) is 23.0 Å². The molecule has 0 bridgehead atoms. The van der Waals surface area contributed by atoms with Gasteiger partial charge in [-0.3, -0.25) is 14.7 Å². The molecule has 8 heteroatoms. The molecule has 0 radical (unpaired) electrons. The van der Waals surface area contributed by atoms with E-state index in [1.807, 2.05) is 0 Å². The number of nitrogens with one attached hydrogen (secondary N) is 2. The lowest BCUT2D eigenvalue weighted by Crippen LogP contribution is -2.23. The third kappa shape index (κ3) is 2.84. The van der Waals surface area contributed by atoms with E-state index in [2.05, 4.69) is 15.4 Å². The van der Waals surface area contributed by atoms with E-state index in [-0.39, 0.29) is 29.2 Å². The van der Waals surface area contributed by atoms with Crippen LogP contribution in [-0.2, 0) is 6.54 Å². The summed E-state index contributed by atoms with van der Waals surface area (Å²) < 4.78 is 1.20. The molecule has 2 heterocycles. The zero-order valence-electron chi connectivity index (χ0n) is 11.1. The lowest BCUT2D eigenvalue weighted by molar-refractivity contribution is 0.0952. The number of nitrogens with zero attached hydrogens (tertiary/aromatic N) is 2. The second kappa shape index (κ2) is 5.82. The number of aromatic nitrogens is 3. The van der Waals surface area contributed by atoms with Crippen molar-refractivity contribution >= 4 is 34.8 Å². The van der Waals surface area contributed by atoms with Gasteiger partial charge < -0.3 is 5.32 Å². The van der Waals surface area contributed by atoms with Crippen LogP contribution in [0.3, 0.4) is 0 Å². The van der Waals surface area contributed by atoms with Crippen LogP contribution in [0.5, 0.6) is 0 Å². The van der Waals surface area contributed by atoms with Gasteiger partial charge in [0.25, 0.3) is 11.5 Å². The molecule has 0 atom stereocenters. The standard InChI is InChI=1S/C14H10Cl2N4O2/c15-9-3-8(4-10(16)5-9)6-18-14(22)11-7-19-20-12(21)1-2-17-13(11)20/h1-5,7,19H,6H2,(H,18,22). The summed E-state index contributed by atoms with van der Waals surface area (Å²) in [4.78, 5) is 27.9. The maximum Gasteiger partial charge on any atom is 0.272 e. The Labute approximate surface area is 134 Å². The highest BCUT2D eigenvalue weighted by Crippen LogP contribution is 2.19. The van der Waals surface area contributed by atoms with Crippen molar-refractivity contribution in [2.75, 3.05) is 0 Å². The van der Waals surface area contributed by atoms with Crippen LogP contribution < -0.4 is 10.9 Å². The van der Waals surface area contributed by atoms with Crippen molar-refractivity contribution < 1.29 is 4.79 Å². The molecule has 0 aliphatic heterocycles. The van der Waals surface area contributed by atoms with Gasteiger partial charge in [-0.25, -0.2) is 9.50 Å². The second-order valence-electron chi connectivity index (χ2n) is 4.59. The Morgan fingerprint density at radius 1 is 1.27 bits per heavy atom. The molecular weight excluding hydrogens is 327 g/mol. The summed E-state index contributed by atoms with van der Waals surface area (Å²) in [6, 6.07) is 6.35. The predicted molar refractivity (Wildman–Crippen MR) is 83.4 cm³/mol. The van der Waals surface area contributed by atoms with Crippen LogP contribution in [0.25, 0.3) is 5.65 Å². The second-order valence-corrected chi connectivity index (χ2v) is 5.46. The van der Waals surface area contributed by atoms with Crippen LogP contribution >= 0.6 is 23.2 Å². The first kappa shape index (κ1) is 14.6. The zero-order chi connectivity index (χ0) is 15.7. The van der Waals surface area contributed by atoms with Gasteiger partial charge in [0.1, 0.15) is 5.56 Å². The smallest absolute Gasteiger partial charge is 0.272 e. The van der Waals surface area contributed by atoms with Crippen molar-refractivity contribution in [3.05, 3.63) is 68.2 Å². The monoisotopic (exact) mass is 336 g/mol. The fraction of sp³-hybridized carbons (Fsp3) is 0.0714. The van der Waals surface area contributed by atoms with E-state index in [0.29, 0.717) is 10.0 Å². The van der Waals surface area contributed by atoms with E-state index < -0.39 is 0 Å². The summed E-state index contributed by atoms with van der Waals surface area (Å²) in [5.41, 5.74) is 1.04. The number of rotatable bonds is 3. The summed E-state index contributed by atoms with van der Waals surface area (Å²) >= 11 is 11.8. The largest absolute Gasteiger partial charge is 0.348 e. The van der Waals surface area contributed by atoms with E-state index in [0.717, 1.165) is 5.56 Å². The van der Waals surface area contributed by atoms with Crippen molar-refractivity contribution in [3.8, 4) is 0 Å². The first-order chi connectivity index (χ1) is 10.5. The minimum atomic E-state index is -0.354. The number of hydrogen-bond donors (Lipinski definition) is 2. The van der Waals surface area contributed by atoms with Gasteiger partial charge in [-0.15, -0.1) is 0 Å². The van der Waals surface area contributed by atoms with Crippen LogP contribution in [0.4, 0.5) is 0 Å². The lowest BCUT2D eigenvalue weighted by Gasteiger charge is -2.05. The first-order valence-corrected chi connectivity index (χ1v) is 7.08. The fourth-order valence-corrected chi connectivity index (χ4v) is 2.65. The molecule has 2 N–H and O–H groups in total. The first-order valence-electron chi connectivity index (χ1n) is 6.33. The average molecular weight is 337 g/mol. The molecule has 0 aliphatic rings. The number of hydrogen-bond acceptors (Lipinski definition) is 3. The lowest BCUT2D eigenvalue weighted by atomic mass is 10.2. The number of fused-ring (bicyclic) bond motifs is 1. The van der Waals surface area contributed by atoms with Crippen LogP contribution in [0, 0.1) is 0 Å². The van der Waals surface area contributed by atoms with Gasteiger partial charge in [0.2, 0.25) is 0 Å². The molecule has 0 unspecified atom stereocenters. The molecule has 3 rings (SSSR count). The summed E-state index contributed by atoms with van der Waals surface area (Å²) in [6.07, 6.45) is 2.79. The summed E-state index contributed by atoms with van der Waals surface area (Å²) in [6.45, 7) is 0.257. The van der Waals surface area contributed by atoms with E-state index in [9.17, 15) is 9.59 Å². The van der Waals surface area contributed by atoms with Gasteiger partial charge in [-0.05, 0) is 23.8 Å². The van der Waals surface area contributed by atoms with E-state index >= 15 is 0 Å². The summed E-state index contributed by atoms with van der Waals surface area (Å²) in [5.74, 6) is -0.354. The number of carbonyl (C=O) groups is 1. The minimum absolute atomic E-state index is 0.257. The van der Waals surface area contributed by atoms with E-state index in [1.54, 1.807) is 18.2 Å². The van der Waals surface area contributed by atoms with E-state index in [4.69, 9.17) is 23.2 Å². The van der Waals surface area contributed by atoms with Gasteiger partial charge in [0.15, 0.2) is 5.65 Å². The number of halogens is 2. The third-order valence-corrected chi connectivity index (χ3v) is 3.48. The molecule has 3 aromatic rings. The van der Waals surface area contributed by atoms with Gasteiger partial charge in [0.05, 0.1) is 0 Å². The average Bonchev–Trinajstić information content (AvgIpc) is 2.89. The number of aromatic amines is 1. The molecule has 0 saturated carbocycles. The molecule has 2 aromatic heterocycles. The van der Waals surface area contributed by atoms with Crippen LogP contribution in [0.2, 0.25) is 10.0 Å². The quantitative estimate of drug-likeness (QED) is 0.769. The van der Waals surface area contributed by atoms with Gasteiger partial charge in [-0.2, -0.15) is 0 Å². The van der Waals surface area contributed by atoms with Crippen LogP contribution in [0.1, 0.15) is 15.9 Å². The molecule has 6 nitrogen and oxygen atoms in total. The summed E-state index contributed by atoms with van der Waals surface area (Å²) in [5, 5.41) is 6.42. The van der Waals surface area contributed by atoms with Crippen LogP contribution in [-0.4, -0.2) is 20.5 Å². The van der Waals surface area contributed by atoms with Gasteiger partial charge in [0, 0.05) is 35.1 Å². The molecule has 1 aromatic carbocycles. The van der Waals surface area contributed by atoms with Crippen LogP contribution in [0.15, 0.2) is 41.5 Å². The molecule has 0 fully saturated rings. The van der Waals surface area contributed by atoms with Gasteiger partial charge in [-0.1, -0.05) is 23.2 Å². The maximum absolute atomic E-state index is 12.2. The molecule has 0 saturated heterocycles. The van der Waals surface area contributed by atoms with Crippen molar-refractivity contribution in [1.82, 2.24) is 19.9 Å². The van der Waals surface area contributed by atoms with Crippen molar-refractivity contribution in [1.29, 1.82) is 0 Å². The normalized spacial score (nSPS) is 10.8. The Kier molecular flexibility index (Phi) is 3.87. The number of benzene rings is 1. The highest BCUT2D eigenvalue weighted by molar-refractivity contribution is 6.34. The highest BCUT2D eigenvalue weighted by Gasteiger charge is 2.13. The summed E-state index contributed by atoms with van der Waals surface area (Å²) in [7, 11) is 0. The third-order valence-electron chi connectivity index (χ3n) is 3.05. The Morgan fingerprint density at radius 2 is 2.00 bits per heavy atom. The molecular formula is C14H10Cl2N4O2. The minimum Gasteiger partial charge on any atom is -0.348 e. The Balaban J connectivity index is 1.82. The molecule has 1 amide bonds. The predicted octanol–water partition coefficient (Wildman–Crippen LogP) is 2.26. The molecule has 112 valence electrons. The molecule has 22 heavy (non-hydrogen) atoms. The number of amides is 1. The number of carbonyl (C=O) groups excluding carboxylic acids is 1. The Morgan fingerprint density at radius 3 is 2.73 bits per heavy atom. The zero-order valence-corrected chi connectivity index (χ0v) is 12.6. The Hall–Kier alpha value is -2.31. The fourth-order valence-electron chi connectivity index (χ4n) is 2.07. The van der Waals surface area contributed by atoms with Crippen molar-refractivity contribution in [2.45, 2.75) is 6.54 Å². The van der Waals surface area contributed by atoms with Crippen molar-refractivity contribution in [2.24, 2.45) is 0 Å². The number of H-pyrrole nitrogens is 1. The van der Waals surface area contributed by atoms with Crippen molar-refractivity contribution in [3.63, 3.8) is 0 Å². The topological polar surface area (TPSA) is 79.3 Å². The molecule has 0 aliphatic carbocycles. The Bertz CT molecular complexity index is 896. The van der Waals surface area contributed by atoms with Gasteiger partial charge >= 0.3 is 0 Å². The SMILES string of the molecule is O=C(NCc1cc(Cl)cc(Cl)c1)c1c[nH]n2c(=O)ccnc12. The highest BCUT2D eigenvalue weighted by atomic mass is 35.5. The molecule has 0 spiro atoms. The maximum atomic E-state index is 12.2.